The molecular weight excluding hydrogens is 365 g/mol. The van der Waals surface area contributed by atoms with Gasteiger partial charge in [-0.05, 0) is 60.4 Å². The van der Waals surface area contributed by atoms with Crippen molar-refractivity contribution in [2.45, 2.75) is 31.1 Å². The SMILES string of the molecule is COc1c(B(O)O)cccc1-c1nc2ccc3[nH]ncc3c2c2c1C1CCC2C1. The number of aromatic nitrogens is 3. The molecule has 0 spiro atoms. The molecule has 2 bridgehead atoms. The third-order valence-electron chi connectivity index (χ3n) is 6.68. The Kier molecular flexibility index (Phi) is 3.55. The summed E-state index contributed by atoms with van der Waals surface area (Å²) >= 11 is 0. The predicted octanol–water partition coefficient (Wildman–Crippen LogP) is 2.83. The van der Waals surface area contributed by atoms with Crippen LogP contribution in [0.5, 0.6) is 5.75 Å². The molecule has 2 unspecified atom stereocenters. The van der Waals surface area contributed by atoms with E-state index in [1.165, 1.54) is 29.4 Å². The van der Waals surface area contributed by atoms with Crippen LogP contribution in [0.4, 0.5) is 0 Å². The molecule has 3 N–H and O–H groups in total. The highest BCUT2D eigenvalue weighted by Gasteiger charge is 2.41. The zero-order valence-electron chi connectivity index (χ0n) is 16.0. The number of rotatable bonds is 3. The third-order valence-corrected chi connectivity index (χ3v) is 6.68. The molecule has 2 heterocycles. The van der Waals surface area contributed by atoms with Crippen LogP contribution in [0.25, 0.3) is 33.1 Å². The van der Waals surface area contributed by atoms with Gasteiger partial charge in [-0.15, -0.1) is 0 Å². The van der Waals surface area contributed by atoms with Crippen molar-refractivity contribution in [3.05, 3.63) is 47.7 Å². The number of benzene rings is 2. The fourth-order valence-electron chi connectivity index (χ4n) is 5.55. The standard InChI is InChI=1S/C22H20BN3O3/c1-29-22-13(3-2-4-15(22)23(27)28)21-19-12-6-5-11(9-12)18(19)20-14-10-24-26-16(14)7-8-17(20)25-21/h2-4,7-8,10-12,27-28H,5-6,9H2,1H3,(H,24,26). The van der Waals surface area contributed by atoms with Crippen LogP contribution in [0.2, 0.25) is 0 Å². The first kappa shape index (κ1) is 17.0. The van der Waals surface area contributed by atoms with Gasteiger partial charge in [0, 0.05) is 21.8 Å². The van der Waals surface area contributed by atoms with Gasteiger partial charge in [-0.3, -0.25) is 5.10 Å². The molecule has 2 aliphatic carbocycles. The second-order valence-electron chi connectivity index (χ2n) is 8.09. The summed E-state index contributed by atoms with van der Waals surface area (Å²) in [4.78, 5) is 5.09. The predicted molar refractivity (Wildman–Crippen MR) is 113 cm³/mol. The number of H-pyrrole nitrogens is 1. The minimum absolute atomic E-state index is 0.356. The molecule has 0 saturated heterocycles. The van der Waals surface area contributed by atoms with Gasteiger partial charge in [-0.2, -0.15) is 5.10 Å². The Morgan fingerprint density at radius 3 is 2.72 bits per heavy atom. The van der Waals surface area contributed by atoms with Crippen molar-refractivity contribution in [2.75, 3.05) is 7.11 Å². The molecule has 4 aromatic rings. The maximum Gasteiger partial charge on any atom is 0.492 e. The number of nitrogens with zero attached hydrogens (tertiary/aromatic N) is 2. The van der Waals surface area contributed by atoms with Crippen LogP contribution in [0.3, 0.4) is 0 Å². The fraction of sp³-hybridized carbons (Fsp3) is 0.273. The van der Waals surface area contributed by atoms with E-state index in [1.54, 1.807) is 13.2 Å². The third kappa shape index (κ3) is 2.25. The number of hydrogen-bond donors (Lipinski definition) is 3. The Balaban J connectivity index is 1.73. The van der Waals surface area contributed by atoms with Gasteiger partial charge >= 0.3 is 7.12 Å². The van der Waals surface area contributed by atoms with Crippen molar-refractivity contribution >= 4 is 34.4 Å². The Morgan fingerprint density at radius 2 is 1.93 bits per heavy atom. The van der Waals surface area contributed by atoms with Crippen LogP contribution in [0.15, 0.2) is 36.5 Å². The highest BCUT2D eigenvalue weighted by molar-refractivity contribution is 6.60. The average molecular weight is 385 g/mol. The highest BCUT2D eigenvalue weighted by Crippen LogP contribution is 2.58. The van der Waals surface area contributed by atoms with E-state index < -0.39 is 7.12 Å². The lowest BCUT2D eigenvalue weighted by Crippen LogP contribution is -2.31. The van der Waals surface area contributed by atoms with E-state index in [9.17, 15) is 10.0 Å². The summed E-state index contributed by atoms with van der Waals surface area (Å²) in [5, 5.41) is 29.3. The Bertz CT molecular complexity index is 1280. The summed E-state index contributed by atoms with van der Waals surface area (Å²) in [7, 11) is -0.0342. The minimum Gasteiger partial charge on any atom is -0.496 e. The molecule has 7 heteroatoms. The zero-order valence-corrected chi connectivity index (χ0v) is 16.0. The molecule has 1 saturated carbocycles. The number of nitrogens with one attached hydrogen (secondary N) is 1. The fourth-order valence-corrected chi connectivity index (χ4v) is 5.55. The summed E-state index contributed by atoms with van der Waals surface area (Å²) in [6.07, 6.45) is 5.43. The lowest BCUT2D eigenvalue weighted by Gasteiger charge is -2.23. The van der Waals surface area contributed by atoms with Crippen molar-refractivity contribution in [1.29, 1.82) is 0 Å². The second-order valence-corrected chi connectivity index (χ2v) is 8.09. The van der Waals surface area contributed by atoms with Gasteiger partial charge in [-0.25, -0.2) is 4.98 Å². The number of fused-ring (bicyclic) bond motifs is 9. The molecular formula is C22H20BN3O3. The molecule has 1 fully saturated rings. The van der Waals surface area contributed by atoms with Crippen LogP contribution in [-0.2, 0) is 0 Å². The number of methoxy groups -OCH3 is 1. The topological polar surface area (TPSA) is 91.3 Å². The average Bonchev–Trinajstić information content (AvgIpc) is 3.48. The monoisotopic (exact) mass is 385 g/mol. The molecule has 29 heavy (non-hydrogen) atoms. The van der Waals surface area contributed by atoms with Crippen LogP contribution in [0.1, 0.15) is 42.2 Å². The molecule has 2 atom stereocenters. The van der Waals surface area contributed by atoms with Crippen molar-refractivity contribution < 1.29 is 14.8 Å². The van der Waals surface area contributed by atoms with Gasteiger partial charge in [0.25, 0.3) is 0 Å². The van der Waals surface area contributed by atoms with Crippen molar-refractivity contribution in [2.24, 2.45) is 0 Å². The first-order chi connectivity index (χ1) is 14.2. The molecule has 6 nitrogen and oxygen atoms in total. The number of ether oxygens (including phenoxy) is 1. The molecule has 0 aliphatic heterocycles. The van der Waals surface area contributed by atoms with E-state index in [0.29, 0.717) is 23.0 Å². The Morgan fingerprint density at radius 1 is 1.10 bits per heavy atom. The maximum atomic E-state index is 9.82. The van der Waals surface area contributed by atoms with Gasteiger partial charge in [0.1, 0.15) is 5.75 Å². The van der Waals surface area contributed by atoms with Crippen LogP contribution < -0.4 is 10.2 Å². The van der Waals surface area contributed by atoms with Crippen molar-refractivity contribution in [3.63, 3.8) is 0 Å². The summed E-state index contributed by atoms with van der Waals surface area (Å²) < 4.78 is 5.63. The number of aromatic amines is 1. The summed E-state index contributed by atoms with van der Waals surface area (Å²) in [6, 6.07) is 9.53. The number of pyridine rings is 1. The number of para-hydroxylation sites is 1. The quantitative estimate of drug-likeness (QED) is 0.472. The molecule has 2 aromatic carbocycles. The first-order valence-corrected chi connectivity index (χ1v) is 10.0. The van der Waals surface area contributed by atoms with E-state index in [1.807, 2.05) is 30.5 Å². The van der Waals surface area contributed by atoms with E-state index >= 15 is 0 Å². The Labute approximate surface area is 167 Å². The van der Waals surface area contributed by atoms with Gasteiger partial charge in [0.15, 0.2) is 0 Å². The summed E-state index contributed by atoms with van der Waals surface area (Å²) in [5.74, 6) is 1.50. The van der Waals surface area contributed by atoms with Gasteiger partial charge in [-0.1, -0.05) is 12.1 Å². The smallest absolute Gasteiger partial charge is 0.492 e. The second kappa shape index (κ2) is 6.05. The Hall–Kier alpha value is -2.90. The van der Waals surface area contributed by atoms with Crippen molar-refractivity contribution in [1.82, 2.24) is 15.2 Å². The van der Waals surface area contributed by atoms with E-state index in [4.69, 9.17) is 9.72 Å². The molecule has 0 radical (unpaired) electrons. The summed E-state index contributed by atoms with van der Waals surface area (Å²) in [5.41, 5.74) is 6.74. The van der Waals surface area contributed by atoms with Crippen molar-refractivity contribution in [3.8, 4) is 17.0 Å². The molecule has 6 rings (SSSR count). The molecule has 2 aromatic heterocycles. The van der Waals surface area contributed by atoms with E-state index in [2.05, 4.69) is 10.2 Å². The lowest BCUT2D eigenvalue weighted by molar-refractivity contribution is 0.404. The van der Waals surface area contributed by atoms with Gasteiger partial charge < -0.3 is 14.8 Å². The first-order valence-electron chi connectivity index (χ1n) is 10.0. The highest BCUT2D eigenvalue weighted by atomic mass is 16.5. The van der Waals surface area contributed by atoms with Crippen LogP contribution >= 0.6 is 0 Å². The van der Waals surface area contributed by atoms with Gasteiger partial charge in [0.2, 0.25) is 0 Å². The molecule has 0 amide bonds. The largest absolute Gasteiger partial charge is 0.496 e. The summed E-state index contributed by atoms with van der Waals surface area (Å²) in [6.45, 7) is 0. The van der Waals surface area contributed by atoms with Gasteiger partial charge in [0.05, 0.1) is 30.0 Å². The normalized spacial score (nSPS) is 19.8. The van der Waals surface area contributed by atoms with Crippen LogP contribution in [0, 0.1) is 0 Å². The number of hydrogen-bond acceptors (Lipinski definition) is 5. The van der Waals surface area contributed by atoms with E-state index in [0.717, 1.165) is 34.1 Å². The lowest BCUT2D eigenvalue weighted by atomic mass is 9.77. The molecule has 144 valence electrons. The van der Waals surface area contributed by atoms with E-state index in [-0.39, 0.29) is 0 Å². The molecule has 2 aliphatic rings. The minimum atomic E-state index is -1.60. The maximum absolute atomic E-state index is 9.82. The zero-order chi connectivity index (χ0) is 19.7. The van der Waals surface area contributed by atoms with Crippen LogP contribution in [-0.4, -0.2) is 39.5 Å².